The van der Waals surface area contributed by atoms with Crippen molar-refractivity contribution in [2.24, 2.45) is 5.92 Å². The van der Waals surface area contributed by atoms with Crippen molar-refractivity contribution in [3.8, 4) is 0 Å². The highest BCUT2D eigenvalue weighted by molar-refractivity contribution is 7.91. The predicted molar refractivity (Wildman–Crippen MR) is 79.7 cm³/mol. The second kappa shape index (κ2) is 6.09. The highest BCUT2D eigenvalue weighted by atomic mass is 32.2. The van der Waals surface area contributed by atoms with Crippen molar-refractivity contribution in [2.75, 3.05) is 23.8 Å². The molecular weight excluding hydrogens is 276 g/mol. The summed E-state index contributed by atoms with van der Waals surface area (Å²) < 4.78 is 22.6. The maximum absolute atomic E-state index is 11.6. The van der Waals surface area contributed by atoms with Crippen LogP contribution in [-0.2, 0) is 14.6 Å². The monoisotopic (exact) mass is 294 g/mol. The van der Waals surface area contributed by atoms with Crippen LogP contribution in [0.2, 0.25) is 0 Å². The lowest BCUT2D eigenvalue weighted by molar-refractivity contribution is -0.116. The number of rotatable bonds is 4. The first kappa shape index (κ1) is 14.6. The third-order valence-corrected chi connectivity index (χ3v) is 5.09. The number of amides is 1. The number of hydrogen-bond acceptors (Lipinski definition) is 4. The highest BCUT2D eigenvalue weighted by Gasteiger charge is 2.27. The average Bonchev–Trinajstić information content (AvgIpc) is 2.75. The Morgan fingerprint density at radius 2 is 2.05 bits per heavy atom. The van der Waals surface area contributed by atoms with Gasteiger partial charge in [0, 0.05) is 18.3 Å². The summed E-state index contributed by atoms with van der Waals surface area (Å²) in [4.78, 5) is 11.6. The Morgan fingerprint density at radius 1 is 1.35 bits per heavy atom. The number of nitrogens with two attached hydrogens (primary N) is 1. The molecule has 108 valence electrons. The molecular formula is C14H18N2O3S. The average molecular weight is 294 g/mol. The molecule has 1 atom stereocenters. The topological polar surface area (TPSA) is 89.3 Å². The molecule has 0 radical (unpaired) electrons. The number of sulfone groups is 1. The number of carbonyl (C=O) groups is 1. The fourth-order valence-corrected chi connectivity index (χ4v) is 3.98. The minimum atomic E-state index is -2.88. The molecule has 1 amide bonds. The van der Waals surface area contributed by atoms with Gasteiger partial charge in [0.05, 0.1) is 11.5 Å². The molecule has 0 spiro atoms. The van der Waals surface area contributed by atoms with Crippen LogP contribution >= 0.6 is 0 Å². The number of carbonyl (C=O) groups excluding carboxylic acids is 1. The summed E-state index contributed by atoms with van der Waals surface area (Å²) in [6.45, 7) is 0.407. The van der Waals surface area contributed by atoms with Gasteiger partial charge in [0.1, 0.15) is 0 Å². The van der Waals surface area contributed by atoms with Crippen LogP contribution < -0.4 is 11.1 Å². The largest absolute Gasteiger partial charge is 0.399 e. The van der Waals surface area contributed by atoms with E-state index in [4.69, 9.17) is 5.73 Å². The van der Waals surface area contributed by atoms with Gasteiger partial charge in [0.2, 0.25) is 5.91 Å². The van der Waals surface area contributed by atoms with E-state index in [0.29, 0.717) is 18.7 Å². The van der Waals surface area contributed by atoms with E-state index in [1.54, 1.807) is 18.2 Å². The maximum atomic E-state index is 11.6. The van der Waals surface area contributed by atoms with Crippen molar-refractivity contribution in [3.05, 3.63) is 35.9 Å². The molecule has 1 aromatic rings. The minimum absolute atomic E-state index is 0.0360. The molecule has 20 heavy (non-hydrogen) atoms. The van der Waals surface area contributed by atoms with Gasteiger partial charge in [-0.25, -0.2) is 8.42 Å². The van der Waals surface area contributed by atoms with Crippen LogP contribution in [0.25, 0.3) is 6.08 Å². The van der Waals surface area contributed by atoms with Gasteiger partial charge in [0.15, 0.2) is 9.84 Å². The van der Waals surface area contributed by atoms with E-state index in [9.17, 15) is 13.2 Å². The van der Waals surface area contributed by atoms with Crippen LogP contribution in [0.1, 0.15) is 12.0 Å². The summed E-state index contributed by atoms with van der Waals surface area (Å²) in [7, 11) is -2.88. The first-order valence-electron chi connectivity index (χ1n) is 6.46. The molecule has 0 aromatic heterocycles. The number of benzene rings is 1. The molecule has 1 aliphatic rings. The van der Waals surface area contributed by atoms with Crippen LogP contribution in [0.15, 0.2) is 30.3 Å². The molecule has 0 bridgehead atoms. The number of nitrogen functional groups attached to an aromatic ring is 1. The number of anilines is 1. The Bertz CT molecular complexity index is 606. The zero-order valence-electron chi connectivity index (χ0n) is 11.1. The van der Waals surface area contributed by atoms with Crippen molar-refractivity contribution in [1.29, 1.82) is 0 Å². The quantitative estimate of drug-likeness (QED) is 0.636. The van der Waals surface area contributed by atoms with Crippen LogP contribution in [0.4, 0.5) is 5.69 Å². The molecule has 3 N–H and O–H groups in total. The second-order valence-corrected chi connectivity index (χ2v) is 7.24. The Labute approximate surface area is 118 Å². The van der Waals surface area contributed by atoms with Gasteiger partial charge in [-0.2, -0.15) is 0 Å². The zero-order valence-corrected chi connectivity index (χ0v) is 11.9. The maximum Gasteiger partial charge on any atom is 0.244 e. The number of nitrogens with one attached hydrogen (secondary N) is 1. The fraction of sp³-hybridized carbons (Fsp3) is 0.357. The van der Waals surface area contributed by atoms with E-state index in [2.05, 4.69) is 5.32 Å². The van der Waals surface area contributed by atoms with Gasteiger partial charge in [0.25, 0.3) is 0 Å². The summed E-state index contributed by atoms with van der Waals surface area (Å²) >= 11 is 0. The van der Waals surface area contributed by atoms with Crippen LogP contribution in [0, 0.1) is 5.92 Å². The Balaban J connectivity index is 1.79. The van der Waals surface area contributed by atoms with Gasteiger partial charge < -0.3 is 11.1 Å². The van der Waals surface area contributed by atoms with Crippen molar-refractivity contribution < 1.29 is 13.2 Å². The summed E-state index contributed by atoms with van der Waals surface area (Å²) in [5, 5.41) is 2.73. The van der Waals surface area contributed by atoms with Crippen molar-refractivity contribution in [2.45, 2.75) is 6.42 Å². The Kier molecular flexibility index (Phi) is 4.44. The molecule has 6 heteroatoms. The molecule has 0 aliphatic carbocycles. The fourth-order valence-electron chi connectivity index (χ4n) is 2.12. The van der Waals surface area contributed by atoms with E-state index in [1.807, 2.05) is 12.1 Å². The lowest BCUT2D eigenvalue weighted by Gasteiger charge is -2.07. The third kappa shape index (κ3) is 4.38. The van der Waals surface area contributed by atoms with Crippen molar-refractivity contribution >= 4 is 27.5 Å². The molecule has 1 saturated heterocycles. The molecule has 2 rings (SSSR count). The third-order valence-electron chi connectivity index (χ3n) is 3.26. The van der Waals surface area contributed by atoms with Gasteiger partial charge in [-0.1, -0.05) is 12.1 Å². The summed E-state index contributed by atoms with van der Waals surface area (Å²) in [5.74, 6) is 0.226. The molecule has 1 aromatic carbocycles. The van der Waals surface area contributed by atoms with Crippen LogP contribution in [-0.4, -0.2) is 32.4 Å². The lowest BCUT2D eigenvalue weighted by atomic mass is 10.1. The molecule has 1 fully saturated rings. The normalized spacial score (nSPS) is 21.1. The molecule has 1 aliphatic heterocycles. The molecule has 1 heterocycles. The van der Waals surface area contributed by atoms with E-state index < -0.39 is 9.84 Å². The van der Waals surface area contributed by atoms with E-state index >= 15 is 0 Å². The zero-order chi connectivity index (χ0) is 14.6. The van der Waals surface area contributed by atoms with Crippen molar-refractivity contribution in [1.82, 2.24) is 5.32 Å². The smallest absolute Gasteiger partial charge is 0.244 e. The SMILES string of the molecule is Nc1ccc(/C=C/C(=O)NCC2CCS(=O)(=O)C2)cc1. The van der Waals surface area contributed by atoms with Gasteiger partial charge in [-0.05, 0) is 36.1 Å². The predicted octanol–water partition coefficient (Wildman–Crippen LogP) is 0.833. The Hall–Kier alpha value is -1.82. The molecule has 5 nitrogen and oxygen atoms in total. The molecule has 1 unspecified atom stereocenters. The first-order chi connectivity index (χ1) is 9.44. The lowest BCUT2D eigenvalue weighted by Crippen LogP contribution is -2.28. The number of hydrogen-bond donors (Lipinski definition) is 2. The highest BCUT2D eigenvalue weighted by Crippen LogP contribution is 2.17. The van der Waals surface area contributed by atoms with Gasteiger partial charge in [-0.15, -0.1) is 0 Å². The van der Waals surface area contributed by atoms with E-state index in [-0.39, 0.29) is 23.3 Å². The summed E-state index contributed by atoms with van der Waals surface area (Å²) in [5.41, 5.74) is 7.13. The van der Waals surface area contributed by atoms with Crippen LogP contribution in [0.5, 0.6) is 0 Å². The Morgan fingerprint density at radius 3 is 2.65 bits per heavy atom. The van der Waals surface area contributed by atoms with E-state index in [1.165, 1.54) is 6.08 Å². The van der Waals surface area contributed by atoms with Crippen molar-refractivity contribution in [3.63, 3.8) is 0 Å². The molecule has 0 saturated carbocycles. The first-order valence-corrected chi connectivity index (χ1v) is 8.29. The summed E-state index contributed by atoms with van der Waals surface area (Å²) in [6, 6.07) is 7.17. The van der Waals surface area contributed by atoms with Gasteiger partial charge in [-0.3, -0.25) is 4.79 Å². The standard InChI is InChI=1S/C14H18N2O3S/c15-13-4-1-11(2-5-13)3-6-14(17)16-9-12-7-8-20(18,19)10-12/h1-6,12H,7-10,15H2,(H,16,17)/b6-3+. The minimum Gasteiger partial charge on any atom is -0.399 e. The summed E-state index contributed by atoms with van der Waals surface area (Å²) in [6.07, 6.45) is 3.76. The van der Waals surface area contributed by atoms with E-state index in [0.717, 1.165) is 5.56 Å². The second-order valence-electron chi connectivity index (χ2n) is 5.01. The van der Waals surface area contributed by atoms with Crippen LogP contribution in [0.3, 0.4) is 0 Å². The van der Waals surface area contributed by atoms with Gasteiger partial charge >= 0.3 is 0 Å².